The number of nitrogens with one attached hydrogen (secondary N) is 1. The van der Waals surface area contributed by atoms with Crippen molar-refractivity contribution in [3.63, 3.8) is 0 Å². The standard InChI is InChI=1S/C13H11BrF2N2O2/c1-2-9-10(14)12(19)18-11(17-9)7-3-5-8(6-4-7)20-13(15)16/h3-6,13H,2H2,1H3,(H,17,18,19). The van der Waals surface area contributed by atoms with Gasteiger partial charge in [-0.3, -0.25) is 4.79 Å². The minimum absolute atomic E-state index is 0.0546. The summed E-state index contributed by atoms with van der Waals surface area (Å²) in [7, 11) is 0. The highest BCUT2D eigenvalue weighted by Gasteiger charge is 2.10. The zero-order valence-corrected chi connectivity index (χ0v) is 12.1. The molecule has 0 atom stereocenters. The number of ether oxygens (including phenoxy) is 1. The van der Waals surface area contributed by atoms with E-state index in [0.29, 0.717) is 28.0 Å². The number of benzene rings is 1. The molecule has 0 saturated carbocycles. The molecule has 0 radical (unpaired) electrons. The number of hydrogen-bond donors (Lipinski definition) is 1. The second-order valence-electron chi connectivity index (χ2n) is 3.93. The fraction of sp³-hybridized carbons (Fsp3) is 0.231. The Labute approximate surface area is 121 Å². The summed E-state index contributed by atoms with van der Waals surface area (Å²) in [5.41, 5.74) is 0.974. The van der Waals surface area contributed by atoms with Crippen molar-refractivity contribution in [2.75, 3.05) is 0 Å². The Morgan fingerprint density at radius 1 is 1.35 bits per heavy atom. The molecule has 0 aliphatic carbocycles. The minimum Gasteiger partial charge on any atom is -0.435 e. The van der Waals surface area contributed by atoms with Crippen molar-refractivity contribution in [2.45, 2.75) is 20.0 Å². The second-order valence-corrected chi connectivity index (χ2v) is 4.72. The van der Waals surface area contributed by atoms with Crippen LogP contribution >= 0.6 is 15.9 Å². The van der Waals surface area contributed by atoms with Crippen LogP contribution in [-0.4, -0.2) is 16.6 Å². The Balaban J connectivity index is 2.37. The molecule has 106 valence electrons. The quantitative estimate of drug-likeness (QED) is 0.925. The lowest BCUT2D eigenvalue weighted by Gasteiger charge is -2.07. The zero-order valence-electron chi connectivity index (χ0n) is 10.5. The Hall–Kier alpha value is -1.76. The molecular formula is C13H11BrF2N2O2. The lowest BCUT2D eigenvalue weighted by atomic mass is 10.2. The largest absolute Gasteiger partial charge is 0.435 e. The van der Waals surface area contributed by atoms with Crippen molar-refractivity contribution in [1.82, 2.24) is 9.97 Å². The van der Waals surface area contributed by atoms with Crippen molar-refractivity contribution in [3.8, 4) is 17.1 Å². The summed E-state index contributed by atoms with van der Waals surface area (Å²) in [5.74, 6) is 0.442. The van der Waals surface area contributed by atoms with E-state index in [1.54, 1.807) is 12.1 Å². The van der Waals surface area contributed by atoms with Gasteiger partial charge in [0.05, 0.1) is 5.69 Å². The van der Waals surface area contributed by atoms with E-state index in [1.165, 1.54) is 12.1 Å². The predicted octanol–water partition coefficient (Wildman–Crippen LogP) is 3.36. The molecule has 7 heteroatoms. The maximum Gasteiger partial charge on any atom is 0.387 e. The molecule has 0 fully saturated rings. The molecule has 20 heavy (non-hydrogen) atoms. The van der Waals surface area contributed by atoms with Gasteiger partial charge in [-0.25, -0.2) is 4.98 Å². The van der Waals surface area contributed by atoms with E-state index < -0.39 is 6.61 Å². The summed E-state index contributed by atoms with van der Waals surface area (Å²) in [6.07, 6.45) is 0.601. The number of aryl methyl sites for hydroxylation is 1. The number of alkyl halides is 2. The van der Waals surface area contributed by atoms with Crippen molar-refractivity contribution in [3.05, 3.63) is 44.8 Å². The first-order valence-corrected chi connectivity index (χ1v) is 6.64. The van der Waals surface area contributed by atoms with E-state index >= 15 is 0 Å². The van der Waals surface area contributed by atoms with Gasteiger partial charge in [-0.05, 0) is 46.6 Å². The van der Waals surface area contributed by atoms with Crippen LogP contribution in [0.4, 0.5) is 8.78 Å². The first kappa shape index (κ1) is 14.6. The van der Waals surface area contributed by atoms with E-state index in [1.807, 2.05) is 6.92 Å². The minimum atomic E-state index is -2.86. The third kappa shape index (κ3) is 3.22. The lowest BCUT2D eigenvalue weighted by molar-refractivity contribution is -0.0498. The molecule has 0 aliphatic rings. The van der Waals surface area contributed by atoms with Crippen LogP contribution in [0.15, 0.2) is 33.5 Å². The third-order valence-corrected chi connectivity index (χ3v) is 3.44. The Bertz CT molecular complexity index is 656. The highest BCUT2D eigenvalue weighted by atomic mass is 79.9. The number of rotatable bonds is 4. The molecular weight excluding hydrogens is 334 g/mol. The normalized spacial score (nSPS) is 10.8. The van der Waals surface area contributed by atoms with Gasteiger partial charge in [0.2, 0.25) is 0 Å². The van der Waals surface area contributed by atoms with Crippen molar-refractivity contribution in [1.29, 1.82) is 0 Å². The lowest BCUT2D eigenvalue weighted by Crippen LogP contribution is -2.13. The topological polar surface area (TPSA) is 55.0 Å². The highest BCUT2D eigenvalue weighted by Crippen LogP contribution is 2.21. The Kier molecular flexibility index (Phi) is 4.49. The zero-order chi connectivity index (χ0) is 14.7. The summed E-state index contributed by atoms with van der Waals surface area (Å²) < 4.78 is 28.8. The smallest absolute Gasteiger partial charge is 0.387 e. The fourth-order valence-electron chi connectivity index (χ4n) is 1.67. The molecule has 0 aliphatic heterocycles. The summed E-state index contributed by atoms with van der Waals surface area (Å²) in [6.45, 7) is -0.978. The second kappa shape index (κ2) is 6.13. The molecule has 1 aromatic carbocycles. The number of aromatic amines is 1. The molecule has 1 heterocycles. The van der Waals surface area contributed by atoms with Gasteiger partial charge in [0.25, 0.3) is 5.56 Å². The maximum absolute atomic E-state index is 12.1. The van der Waals surface area contributed by atoms with Crippen LogP contribution in [0, 0.1) is 0 Å². The molecule has 2 aromatic rings. The van der Waals surface area contributed by atoms with E-state index in [0.717, 1.165) is 0 Å². The molecule has 1 N–H and O–H groups in total. The van der Waals surface area contributed by atoms with Crippen molar-refractivity contribution < 1.29 is 13.5 Å². The Morgan fingerprint density at radius 2 is 2.00 bits per heavy atom. The van der Waals surface area contributed by atoms with E-state index in [2.05, 4.69) is 30.6 Å². The van der Waals surface area contributed by atoms with Crippen LogP contribution in [0.3, 0.4) is 0 Å². The maximum atomic E-state index is 12.1. The van der Waals surface area contributed by atoms with Crippen LogP contribution in [-0.2, 0) is 6.42 Å². The van der Waals surface area contributed by atoms with Gasteiger partial charge in [0, 0.05) is 5.56 Å². The predicted molar refractivity (Wildman–Crippen MR) is 74.0 cm³/mol. The first-order valence-electron chi connectivity index (χ1n) is 5.85. The number of nitrogens with zero attached hydrogens (tertiary/aromatic N) is 1. The van der Waals surface area contributed by atoms with E-state index in [9.17, 15) is 13.6 Å². The van der Waals surface area contributed by atoms with Gasteiger partial charge in [0.15, 0.2) is 0 Å². The highest BCUT2D eigenvalue weighted by molar-refractivity contribution is 9.10. The Morgan fingerprint density at radius 3 is 2.55 bits per heavy atom. The van der Waals surface area contributed by atoms with Crippen LogP contribution in [0.2, 0.25) is 0 Å². The number of aromatic nitrogens is 2. The molecule has 0 amide bonds. The third-order valence-electron chi connectivity index (χ3n) is 2.62. The molecule has 2 rings (SSSR count). The van der Waals surface area contributed by atoms with Gasteiger partial charge in [-0.1, -0.05) is 6.92 Å². The van der Waals surface area contributed by atoms with Gasteiger partial charge in [-0.2, -0.15) is 8.78 Å². The number of halogens is 3. The van der Waals surface area contributed by atoms with Crippen LogP contribution < -0.4 is 10.3 Å². The van der Waals surface area contributed by atoms with E-state index in [-0.39, 0.29) is 11.3 Å². The molecule has 0 unspecified atom stereocenters. The average molecular weight is 345 g/mol. The van der Waals surface area contributed by atoms with Gasteiger partial charge < -0.3 is 9.72 Å². The molecule has 0 bridgehead atoms. The first-order chi connectivity index (χ1) is 9.51. The van der Waals surface area contributed by atoms with Crippen molar-refractivity contribution in [2.24, 2.45) is 0 Å². The van der Waals surface area contributed by atoms with Gasteiger partial charge in [0.1, 0.15) is 16.0 Å². The summed E-state index contributed by atoms with van der Waals surface area (Å²) >= 11 is 3.18. The number of H-pyrrole nitrogens is 1. The van der Waals surface area contributed by atoms with Crippen LogP contribution in [0.1, 0.15) is 12.6 Å². The molecule has 0 saturated heterocycles. The summed E-state index contributed by atoms with van der Waals surface area (Å²) in [6, 6.07) is 5.91. The fourth-order valence-corrected chi connectivity index (χ4v) is 2.14. The van der Waals surface area contributed by atoms with Crippen molar-refractivity contribution >= 4 is 15.9 Å². The molecule has 1 aromatic heterocycles. The van der Waals surface area contributed by atoms with Gasteiger partial charge >= 0.3 is 6.61 Å². The van der Waals surface area contributed by atoms with Gasteiger partial charge in [-0.15, -0.1) is 0 Å². The molecule has 4 nitrogen and oxygen atoms in total. The monoisotopic (exact) mass is 344 g/mol. The average Bonchev–Trinajstić information content (AvgIpc) is 2.42. The number of hydrogen-bond acceptors (Lipinski definition) is 3. The summed E-state index contributed by atoms with van der Waals surface area (Å²) in [5, 5.41) is 0. The summed E-state index contributed by atoms with van der Waals surface area (Å²) in [4.78, 5) is 18.7. The van der Waals surface area contributed by atoms with Crippen LogP contribution in [0.5, 0.6) is 5.75 Å². The molecule has 0 spiro atoms. The van der Waals surface area contributed by atoms with Crippen LogP contribution in [0.25, 0.3) is 11.4 Å². The SMILES string of the molecule is CCc1nc(-c2ccc(OC(F)F)cc2)[nH]c(=O)c1Br. The van der Waals surface area contributed by atoms with E-state index in [4.69, 9.17) is 0 Å².